The monoisotopic (exact) mass is 546 g/mol. The highest BCUT2D eigenvalue weighted by Crippen LogP contribution is 2.36. The minimum absolute atomic E-state index is 0.151. The summed E-state index contributed by atoms with van der Waals surface area (Å²) in [5.41, 5.74) is -0.256. The summed E-state index contributed by atoms with van der Waals surface area (Å²) < 4.78 is 80.7. The first-order valence-electron chi connectivity index (χ1n) is 10.9. The molecule has 198 valence electrons. The molecule has 1 aromatic heterocycles. The van der Waals surface area contributed by atoms with Crippen LogP contribution in [0.4, 0.5) is 14.9 Å². The molecule has 1 fully saturated rings. The highest BCUT2D eigenvalue weighted by molar-refractivity contribution is 7.92. The lowest BCUT2D eigenvalue weighted by Crippen LogP contribution is -2.42. The fourth-order valence-electron chi connectivity index (χ4n) is 3.28. The van der Waals surface area contributed by atoms with Crippen molar-refractivity contribution in [3.63, 3.8) is 0 Å². The van der Waals surface area contributed by atoms with Gasteiger partial charge in [-0.1, -0.05) is 0 Å². The van der Waals surface area contributed by atoms with Gasteiger partial charge in [0.05, 0.1) is 17.3 Å². The number of hydrogen-bond donors (Lipinski definition) is 1. The van der Waals surface area contributed by atoms with Crippen molar-refractivity contribution in [3.05, 3.63) is 30.3 Å². The van der Waals surface area contributed by atoms with Crippen LogP contribution in [0, 0.1) is 5.82 Å². The fraction of sp³-hybridized carbons (Fsp3) is 0.476. The molecule has 0 unspecified atom stereocenters. The van der Waals surface area contributed by atoms with Crippen molar-refractivity contribution in [3.8, 4) is 17.5 Å². The Morgan fingerprint density at radius 3 is 2.31 bits per heavy atom. The molecule has 0 radical (unpaired) electrons. The summed E-state index contributed by atoms with van der Waals surface area (Å²) in [6, 6.07) is 3.02. The Kier molecular flexibility index (Phi) is 8.23. The van der Waals surface area contributed by atoms with E-state index in [1.807, 2.05) is 0 Å². The van der Waals surface area contributed by atoms with Crippen molar-refractivity contribution in [2.45, 2.75) is 43.8 Å². The zero-order valence-corrected chi connectivity index (χ0v) is 21.7. The second kappa shape index (κ2) is 10.8. The van der Waals surface area contributed by atoms with Gasteiger partial charge >= 0.3 is 6.09 Å². The number of sulfone groups is 1. The Morgan fingerprint density at radius 1 is 1.11 bits per heavy atom. The summed E-state index contributed by atoms with van der Waals surface area (Å²) in [6.45, 7) is 4.23. The molecule has 1 saturated heterocycles. The Morgan fingerprint density at radius 2 is 1.75 bits per heavy atom. The van der Waals surface area contributed by atoms with E-state index in [-0.39, 0.29) is 34.2 Å². The van der Waals surface area contributed by atoms with E-state index in [0.717, 1.165) is 37.0 Å². The standard InChI is InChI=1S/C21H27FN4O8S2/c1-13(2)32-21(27)26-9-7-14(8-10-26)33-19-18(25-36(4,30)31)20(24-12-23-19)34-17-6-5-15(11-16(17)22)35(3,28)29/h5-6,11-14,25H,7-10H2,1-4H3. The van der Waals surface area contributed by atoms with E-state index in [2.05, 4.69) is 14.7 Å². The maximum atomic E-state index is 14.5. The van der Waals surface area contributed by atoms with Crippen LogP contribution in [-0.4, -0.2) is 75.6 Å². The number of benzene rings is 1. The van der Waals surface area contributed by atoms with Crippen LogP contribution in [0.5, 0.6) is 17.5 Å². The molecule has 1 aliphatic heterocycles. The second-order valence-electron chi connectivity index (χ2n) is 8.44. The van der Waals surface area contributed by atoms with E-state index in [9.17, 15) is 26.0 Å². The Bertz CT molecular complexity index is 1330. The number of aromatic nitrogens is 2. The number of carbonyl (C=O) groups is 1. The molecular weight excluding hydrogens is 519 g/mol. The van der Waals surface area contributed by atoms with Gasteiger partial charge in [-0.05, 0) is 32.0 Å². The number of piperidine rings is 1. The van der Waals surface area contributed by atoms with Crippen molar-refractivity contribution in [1.82, 2.24) is 14.9 Å². The number of sulfonamides is 1. The molecule has 0 saturated carbocycles. The summed E-state index contributed by atoms with van der Waals surface area (Å²) >= 11 is 0. The van der Waals surface area contributed by atoms with Crippen LogP contribution < -0.4 is 14.2 Å². The lowest BCUT2D eigenvalue weighted by molar-refractivity contribution is 0.0508. The summed E-state index contributed by atoms with van der Waals surface area (Å²) in [5, 5.41) is 0. The van der Waals surface area contributed by atoms with E-state index in [0.29, 0.717) is 25.9 Å². The fourth-order valence-corrected chi connectivity index (χ4v) is 4.46. The Labute approximate surface area is 208 Å². The van der Waals surface area contributed by atoms with Crippen LogP contribution >= 0.6 is 0 Å². The van der Waals surface area contributed by atoms with Crippen LogP contribution in [0.3, 0.4) is 0 Å². The number of halogens is 1. The molecule has 0 spiro atoms. The minimum Gasteiger partial charge on any atom is -0.473 e. The largest absolute Gasteiger partial charge is 0.473 e. The average Bonchev–Trinajstić information content (AvgIpc) is 2.75. The molecule has 36 heavy (non-hydrogen) atoms. The number of ether oxygens (including phenoxy) is 3. The van der Waals surface area contributed by atoms with Gasteiger partial charge in [-0.25, -0.2) is 26.0 Å². The summed E-state index contributed by atoms with van der Waals surface area (Å²) in [4.78, 5) is 21.3. The lowest BCUT2D eigenvalue weighted by atomic mass is 10.1. The highest BCUT2D eigenvalue weighted by Gasteiger charge is 2.28. The number of hydrogen-bond acceptors (Lipinski definition) is 10. The third-order valence-electron chi connectivity index (χ3n) is 4.92. The normalized spacial score (nSPS) is 15.0. The van der Waals surface area contributed by atoms with E-state index in [1.165, 1.54) is 0 Å². The third-order valence-corrected chi connectivity index (χ3v) is 6.60. The van der Waals surface area contributed by atoms with Crippen LogP contribution in [0.1, 0.15) is 26.7 Å². The molecule has 3 rings (SSSR count). The quantitative estimate of drug-likeness (QED) is 0.522. The van der Waals surface area contributed by atoms with Gasteiger partial charge in [0.15, 0.2) is 27.1 Å². The molecule has 0 aliphatic carbocycles. The van der Waals surface area contributed by atoms with Crippen LogP contribution in [-0.2, 0) is 24.6 Å². The number of nitrogens with zero attached hydrogens (tertiary/aromatic N) is 3. The van der Waals surface area contributed by atoms with Crippen LogP contribution in [0.25, 0.3) is 0 Å². The third kappa shape index (κ3) is 7.40. The van der Waals surface area contributed by atoms with E-state index in [4.69, 9.17) is 14.2 Å². The first-order valence-corrected chi connectivity index (χ1v) is 14.6. The molecular formula is C21H27FN4O8S2. The predicted molar refractivity (Wildman–Crippen MR) is 127 cm³/mol. The second-order valence-corrected chi connectivity index (χ2v) is 12.2. The molecule has 12 nitrogen and oxygen atoms in total. The number of carbonyl (C=O) groups excluding carboxylic acids is 1. The van der Waals surface area contributed by atoms with Gasteiger partial charge in [-0.3, -0.25) is 4.72 Å². The number of likely N-dealkylation sites (tertiary alicyclic amines) is 1. The molecule has 1 aromatic carbocycles. The maximum absolute atomic E-state index is 14.5. The Balaban J connectivity index is 1.83. The molecule has 1 N–H and O–H groups in total. The molecule has 15 heteroatoms. The zero-order chi connectivity index (χ0) is 26.7. The van der Waals surface area contributed by atoms with E-state index >= 15 is 0 Å². The van der Waals surface area contributed by atoms with Gasteiger partial charge in [0.1, 0.15) is 12.4 Å². The molecule has 2 aromatic rings. The smallest absolute Gasteiger partial charge is 0.410 e. The molecule has 0 atom stereocenters. The van der Waals surface area contributed by atoms with E-state index < -0.39 is 37.9 Å². The minimum atomic E-state index is -3.86. The average molecular weight is 547 g/mol. The van der Waals surface area contributed by atoms with Gasteiger partial charge in [0, 0.05) is 32.2 Å². The van der Waals surface area contributed by atoms with Gasteiger partial charge < -0.3 is 19.1 Å². The van der Waals surface area contributed by atoms with Crippen molar-refractivity contribution in [1.29, 1.82) is 0 Å². The number of rotatable bonds is 8. The first-order chi connectivity index (χ1) is 16.7. The van der Waals surface area contributed by atoms with Gasteiger partial charge in [0.25, 0.3) is 5.88 Å². The van der Waals surface area contributed by atoms with Crippen molar-refractivity contribution in [2.24, 2.45) is 0 Å². The van der Waals surface area contributed by atoms with Crippen molar-refractivity contribution in [2.75, 3.05) is 30.3 Å². The van der Waals surface area contributed by atoms with Gasteiger partial charge in [0.2, 0.25) is 15.9 Å². The summed E-state index contributed by atoms with van der Waals surface area (Å²) in [7, 11) is -7.51. The van der Waals surface area contributed by atoms with E-state index in [1.54, 1.807) is 18.7 Å². The van der Waals surface area contributed by atoms with Crippen LogP contribution in [0.2, 0.25) is 0 Å². The number of anilines is 1. The Hall–Kier alpha value is -3.20. The predicted octanol–water partition coefficient (Wildman–Crippen LogP) is 2.57. The van der Waals surface area contributed by atoms with Crippen molar-refractivity contribution < 1.29 is 40.2 Å². The number of amides is 1. The SMILES string of the molecule is CC(C)OC(=O)N1CCC(Oc2ncnc(Oc3ccc(S(C)(=O)=O)cc3F)c2NS(C)(=O)=O)CC1. The summed E-state index contributed by atoms with van der Waals surface area (Å²) in [5.74, 6) is -1.89. The van der Waals surface area contributed by atoms with Crippen molar-refractivity contribution >= 4 is 31.6 Å². The highest BCUT2D eigenvalue weighted by atomic mass is 32.2. The summed E-state index contributed by atoms with van der Waals surface area (Å²) in [6.07, 6.45) is 2.64. The first kappa shape index (κ1) is 27.4. The zero-order valence-electron chi connectivity index (χ0n) is 20.1. The number of nitrogens with one attached hydrogen (secondary N) is 1. The van der Waals surface area contributed by atoms with Gasteiger partial charge in [-0.2, -0.15) is 9.97 Å². The lowest BCUT2D eigenvalue weighted by Gasteiger charge is -2.32. The molecule has 0 bridgehead atoms. The molecule has 2 heterocycles. The molecule has 1 aliphatic rings. The topological polar surface area (TPSA) is 154 Å². The molecule has 1 amide bonds. The van der Waals surface area contributed by atoms with Crippen LogP contribution in [0.15, 0.2) is 29.4 Å². The maximum Gasteiger partial charge on any atom is 0.410 e. The van der Waals surface area contributed by atoms with Gasteiger partial charge in [-0.15, -0.1) is 0 Å².